The van der Waals surface area contributed by atoms with E-state index in [0.717, 1.165) is 11.1 Å². The van der Waals surface area contributed by atoms with Crippen LogP contribution in [0.3, 0.4) is 0 Å². The van der Waals surface area contributed by atoms with Crippen LogP contribution in [0.25, 0.3) is 0 Å². The van der Waals surface area contributed by atoms with Gasteiger partial charge in [-0.05, 0) is 17.7 Å². The molecule has 2 saturated heterocycles. The summed E-state index contributed by atoms with van der Waals surface area (Å²) >= 11 is 0. The maximum atomic E-state index is 13.1. The van der Waals surface area contributed by atoms with Gasteiger partial charge in [-0.1, -0.05) is 78.9 Å². The molecular formula is C28H28O7. The quantitative estimate of drug-likeness (QED) is 0.471. The van der Waals surface area contributed by atoms with Gasteiger partial charge in [0.2, 0.25) is 0 Å². The summed E-state index contributed by atoms with van der Waals surface area (Å²) in [5.41, 5.74) is 2.29. The molecule has 3 aromatic rings. The Kier molecular flexibility index (Phi) is 7.51. The van der Waals surface area contributed by atoms with Gasteiger partial charge >= 0.3 is 5.97 Å². The normalized spacial score (nSPS) is 28.1. The van der Waals surface area contributed by atoms with Crippen LogP contribution < -0.4 is 0 Å². The van der Waals surface area contributed by atoms with E-state index in [4.69, 9.17) is 28.4 Å². The third-order valence-electron chi connectivity index (χ3n) is 6.13. The second kappa shape index (κ2) is 11.1. The number of hydrogen-bond acceptors (Lipinski definition) is 7. The van der Waals surface area contributed by atoms with Crippen molar-refractivity contribution in [2.75, 3.05) is 13.7 Å². The molecule has 1 unspecified atom stereocenters. The zero-order valence-corrected chi connectivity index (χ0v) is 19.4. The minimum atomic E-state index is -0.787. The predicted octanol–water partition coefficient (Wildman–Crippen LogP) is 4.28. The van der Waals surface area contributed by atoms with E-state index in [1.807, 2.05) is 66.7 Å². The molecule has 5 rings (SSSR count). The lowest BCUT2D eigenvalue weighted by Gasteiger charge is -2.48. The lowest BCUT2D eigenvalue weighted by atomic mass is 9.97. The Labute approximate surface area is 204 Å². The lowest BCUT2D eigenvalue weighted by molar-refractivity contribution is -0.362. The molecule has 0 saturated carbocycles. The zero-order valence-electron chi connectivity index (χ0n) is 19.4. The van der Waals surface area contributed by atoms with E-state index < -0.39 is 43.0 Å². The summed E-state index contributed by atoms with van der Waals surface area (Å²) in [6.45, 7) is 0.555. The molecule has 2 aliphatic rings. The van der Waals surface area contributed by atoms with E-state index in [0.29, 0.717) is 12.2 Å². The third-order valence-corrected chi connectivity index (χ3v) is 6.13. The average Bonchev–Trinajstić information content (AvgIpc) is 2.93. The number of fused-ring (bicyclic) bond motifs is 1. The lowest BCUT2D eigenvalue weighted by Crippen LogP contribution is -2.63. The minimum absolute atomic E-state index is 0.259. The number of benzene rings is 3. The molecule has 2 heterocycles. The summed E-state index contributed by atoms with van der Waals surface area (Å²) in [6, 6.07) is 28.3. The summed E-state index contributed by atoms with van der Waals surface area (Å²) in [6.07, 6.45) is -4.01. The maximum Gasteiger partial charge on any atom is 0.338 e. The molecule has 0 aromatic heterocycles. The Morgan fingerprint density at radius 3 is 2.20 bits per heavy atom. The first-order valence-corrected chi connectivity index (χ1v) is 11.6. The monoisotopic (exact) mass is 476 g/mol. The number of rotatable bonds is 7. The van der Waals surface area contributed by atoms with E-state index in [1.165, 1.54) is 7.11 Å². The first kappa shape index (κ1) is 23.7. The molecule has 0 aliphatic carbocycles. The first-order valence-electron chi connectivity index (χ1n) is 11.6. The third kappa shape index (κ3) is 5.45. The average molecular weight is 477 g/mol. The van der Waals surface area contributed by atoms with Crippen LogP contribution in [0.4, 0.5) is 0 Å². The number of carbonyl (C=O) groups is 1. The molecule has 2 aliphatic heterocycles. The first-order chi connectivity index (χ1) is 17.2. The molecule has 7 heteroatoms. The van der Waals surface area contributed by atoms with Crippen molar-refractivity contribution in [1.82, 2.24) is 0 Å². The van der Waals surface area contributed by atoms with Crippen molar-refractivity contribution < 1.29 is 33.2 Å². The molecular weight excluding hydrogens is 448 g/mol. The van der Waals surface area contributed by atoms with Gasteiger partial charge in [-0.15, -0.1) is 0 Å². The van der Waals surface area contributed by atoms with Crippen molar-refractivity contribution in [2.24, 2.45) is 0 Å². The van der Waals surface area contributed by atoms with Crippen LogP contribution in [-0.4, -0.2) is 50.4 Å². The van der Waals surface area contributed by atoms with Crippen molar-refractivity contribution in [3.8, 4) is 0 Å². The Morgan fingerprint density at radius 1 is 0.857 bits per heavy atom. The van der Waals surface area contributed by atoms with Crippen LogP contribution in [0.1, 0.15) is 27.8 Å². The minimum Gasteiger partial charge on any atom is -0.453 e. The van der Waals surface area contributed by atoms with Crippen LogP contribution in [0.2, 0.25) is 0 Å². The van der Waals surface area contributed by atoms with E-state index >= 15 is 0 Å². The van der Waals surface area contributed by atoms with Gasteiger partial charge in [-0.3, -0.25) is 0 Å². The predicted molar refractivity (Wildman–Crippen MR) is 126 cm³/mol. The van der Waals surface area contributed by atoms with Gasteiger partial charge in [0, 0.05) is 12.7 Å². The van der Waals surface area contributed by atoms with Gasteiger partial charge in [-0.2, -0.15) is 0 Å². The van der Waals surface area contributed by atoms with E-state index in [2.05, 4.69) is 0 Å². The number of ether oxygens (including phenoxy) is 6. The zero-order chi connectivity index (χ0) is 24.0. The highest BCUT2D eigenvalue weighted by atomic mass is 16.8. The molecule has 3 aromatic carbocycles. The summed E-state index contributed by atoms with van der Waals surface area (Å²) in [5, 5.41) is 0. The molecule has 6 atom stereocenters. The highest BCUT2D eigenvalue weighted by molar-refractivity contribution is 5.89. The fraction of sp³-hybridized carbons (Fsp3) is 0.321. The second-order valence-electron chi connectivity index (χ2n) is 8.45. The SMILES string of the molecule is CO[C@H]1O[C@@H]2COC(c3ccccc3)O[C@H]2[C@H](OC(=O)c2ccccc2)[C@H]1OCc1ccccc1. The maximum absolute atomic E-state index is 13.1. The van der Waals surface area contributed by atoms with Crippen LogP contribution in [0.15, 0.2) is 91.0 Å². The van der Waals surface area contributed by atoms with E-state index in [9.17, 15) is 4.79 Å². The number of hydrogen-bond donors (Lipinski definition) is 0. The van der Waals surface area contributed by atoms with Crippen LogP contribution in [0, 0.1) is 0 Å². The highest BCUT2D eigenvalue weighted by Crippen LogP contribution is 2.37. The number of esters is 1. The fourth-order valence-electron chi connectivity index (χ4n) is 4.36. The molecule has 0 radical (unpaired) electrons. The van der Waals surface area contributed by atoms with Gasteiger partial charge in [-0.25, -0.2) is 4.79 Å². The summed E-state index contributed by atoms with van der Waals surface area (Å²) in [7, 11) is 1.54. The second-order valence-corrected chi connectivity index (χ2v) is 8.45. The van der Waals surface area contributed by atoms with Crippen molar-refractivity contribution in [2.45, 2.75) is 43.6 Å². The smallest absolute Gasteiger partial charge is 0.338 e. The topological polar surface area (TPSA) is 72.5 Å². The Balaban J connectivity index is 1.42. The van der Waals surface area contributed by atoms with Gasteiger partial charge in [0.05, 0.1) is 18.8 Å². The van der Waals surface area contributed by atoms with Gasteiger partial charge in [0.15, 0.2) is 18.7 Å². The summed E-state index contributed by atoms with van der Waals surface area (Å²) in [5.74, 6) is -0.467. The Bertz CT molecular complexity index is 1070. The van der Waals surface area contributed by atoms with Crippen LogP contribution in [0.5, 0.6) is 0 Å². The molecule has 7 nitrogen and oxygen atoms in total. The van der Waals surface area contributed by atoms with Crippen LogP contribution in [-0.2, 0) is 35.0 Å². The van der Waals surface area contributed by atoms with E-state index in [1.54, 1.807) is 24.3 Å². The van der Waals surface area contributed by atoms with Crippen LogP contribution >= 0.6 is 0 Å². The van der Waals surface area contributed by atoms with Crippen molar-refractivity contribution in [1.29, 1.82) is 0 Å². The molecule has 0 spiro atoms. The Hall–Kier alpha value is -3.07. The number of carbonyl (C=O) groups excluding carboxylic acids is 1. The molecule has 0 N–H and O–H groups in total. The highest BCUT2D eigenvalue weighted by Gasteiger charge is 2.53. The molecule has 35 heavy (non-hydrogen) atoms. The largest absolute Gasteiger partial charge is 0.453 e. The standard InChI is InChI=1S/C28H28O7/c1-30-28-25(31-17-19-11-5-2-6-12-19)24(34-26(29)20-13-7-3-8-14-20)23-22(33-28)18-32-27(35-23)21-15-9-4-10-16-21/h2-16,22-25,27-28H,17-18H2,1H3/t22-,23-,24+,25-,27?,28+/m1/s1. The summed E-state index contributed by atoms with van der Waals surface area (Å²) < 4.78 is 36.4. The Morgan fingerprint density at radius 2 is 1.51 bits per heavy atom. The van der Waals surface area contributed by atoms with Gasteiger partial charge in [0.25, 0.3) is 0 Å². The fourth-order valence-corrected chi connectivity index (χ4v) is 4.36. The van der Waals surface area contributed by atoms with Crippen molar-refractivity contribution in [3.05, 3.63) is 108 Å². The van der Waals surface area contributed by atoms with Crippen molar-refractivity contribution >= 4 is 5.97 Å². The van der Waals surface area contributed by atoms with E-state index in [-0.39, 0.29) is 6.61 Å². The molecule has 0 amide bonds. The van der Waals surface area contributed by atoms with Gasteiger partial charge in [0.1, 0.15) is 18.3 Å². The summed E-state index contributed by atoms with van der Waals surface area (Å²) in [4.78, 5) is 13.1. The number of methoxy groups -OCH3 is 1. The van der Waals surface area contributed by atoms with Gasteiger partial charge < -0.3 is 28.4 Å². The molecule has 2 fully saturated rings. The molecule has 0 bridgehead atoms. The van der Waals surface area contributed by atoms with Crippen molar-refractivity contribution in [3.63, 3.8) is 0 Å². The molecule has 182 valence electrons.